The van der Waals surface area contributed by atoms with Crippen molar-refractivity contribution in [2.75, 3.05) is 5.32 Å². The van der Waals surface area contributed by atoms with Crippen LogP contribution in [0.2, 0.25) is 10.0 Å². The maximum Gasteiger partial charge on any atom is 0.267 e. The van der Waals surface area contributed by atoms with Crippen LogP contribution in [-0.4, -0.2) is 16.0 Å². The number of benzene rings is 1. The van der Waals surface area contributed by atoms with Gasteiger partial charge in [0, 0.05) is 5.02 Å². The summed E-state index contributed by atoms with van der Waals surface area (Å²) in [6.45, 7) is 1.73. The van der Waals surface area contributed by atoms with E-state index in [1.165, 1.54) is 23.5 Å². The number of phenolic OH excluding ortho intramolecular Hbond substituents is 1. The molecular weight excluding hydrogens is 295 g/mol. The van der Waals surface area contributed by atoms with Gasteiger partial charge in [-0.05, 0) is 19.1 Å². The van der Waals surface area contributed by atoms with Gasteiger partial charge in [0.2, 0.25) is 0 Å². The van der Waals surface area contributed by atoms with Crippen LogP contribution in [0.4, 0.5) is 5.69 Å². The zero-order chi connectivity index (χ0) is 13.3. The molecule has 1 aromatic heterocycles. The highest BCUT2D eigenvalue weighted by Crippen LogP contribution is 2.35. The molecule has 0 spiro atoms. The Morgan fingerprint density at radius 1 is 1.44 bits per heavy atom. The number of rotatable bonds is 2. The van der Waals surface area contributed by atoms with Gasteiger partial charge < -0.3 is 10.4 Å². The largest absolute Gasteiger partial charge is 0.504 e. The highest BCUT2D eigenvalue weighted by Gasteiger charge is 2.15. The van der Waals surface area contributed by atoms with Crippen molar-refractivity contribution >= 4 is 46.1 Å². The van der Waals surface area contributed by atoms with Gasteiger partial charge in [-0.15, -0.1) is 11.3 Å². The number of thiazole rings is 1. The van der Waals surface area contributed by atoms with Crippen LogP contribution in [0.25, 0.3) is 0 Å². The van der Waals surface area contributed by atoms with E-state index < -0.39 is 0 Å². The van der Waals surface area contributed by atoms with Gasteiger partial charge in [0.1, 0.15) is 4.88 Å². The first kappa shape index (κ1) is 13.1. The SMILES string of the molecule is Cc1ncsc1C(=O)Nc1cc(Cl)cc(Cl)c1O. The number of nitrogens with zero attached hydrogens (tertiary/aromatic N) is 1. The quantitative estimate of drug-likeness (QED) is 0.831. The molecule has 0 atom stereocenters. The molecule has 0 aliphatic rings. The maximum absolute atomic E-state index is 11.9. The van der Waals surface area contributed by atoms with Crippen molar-refractivity contribution in [1.82, 2.24) is 4.98 Å². The molecule has 0 saturated carbocycles. The number of aromatic hydroxyl groups is 1. The van der Waals surface area contributed by atoms with Crippen LogP contribution in [0, 0.1) is 6.92 Å². The summed E-state index contributed by atoms with van der Waals surface area (Å²) in [7, 11) is 0. The Morgan fingerprint density at radius 3 is 2.78 bits per heavy atom. The lowest BCUT2D eigenvalue weighted by Gasteiger charge is -2.08. The van der Waals surface area contributed by atoms with Crippen molar-refractivity contribution < 1.29 is 9.90 Å². The Bertz CT molecular complexity index is 613. The molecule has 1 aromatic carbocycles. The van der Waals surface area contributed by atoms with E-state index in [9.17, 15) is 9.90 Å². The van der Waals surface area contributed by atoms with Gasteiger partial charge >= 0.3 is 0 Å². The molecule has 1 amide bonds. The average molecular weight is 303 g/mol. The van der Waals surface area contributed by atoms with Crippen LogP contribution < -0.4 is 5.32 Å². The normalized spacial score (nSPS) is 10.4. The summed E-state index contributed by atoms with van der Waals surface area (Å²) in [4.78, 5) is 16.4. The number of aromatic nitrogens is 1. The topological polar surface area (TPSA) is 62.2 Å². The molecule has 7 heteroatoms. The molecular formula is C11H8Cl2N2O2S. The lowest BCUT2D eigenvalue weighted by Crippen LogP contribution is -2.11. The second-order valence-corrected chi connectivity index (χ2v) is 5.20. The number of aryl methyl sites for hydroxylation is 1. The predicted octanol–water partition coefficient (Wildman–Crippen LogP) is 3.72. The molecule has 0 aliphatic carbocycles. The first-order valence-corrected chi connectivity index (χ1v) is 6.52. The summed E-state index contributed by atoms with van der Waals surface area (Å²) in [5.74, 6) is -0.569. The highest BCUT2D eigenvalue weighted by molar-refractivity contribution is 7.12. The summed E-state index contributed by atoms with van der Waals surface area (Å²) in [6, 6.07) is 2.82. The van der Waals surface area contributed by atoms with E-state index in [0.717, 1.165) is 0 Å². The van der Waals surface area contributed by atoms with E-state index in [-0.39, 0.29) is 22.4 Å². The monoisotopic (exact) mass is 302 g/mol. The Balaban J connectivity index is 2.30. The van der Waals surface area contributed by atoms with Gasteiger partial charge in [-0.1, -0.05) is 23.2 Å². The fourth-order valence-corrected chi connectivity index (χ4v) is 2.55. The molecule has 0 saturated heterocycles. The summed E-state index contributed by atoms with van der Waals surface area (Å²) in [5, 5.41) is 12.7. The smallest absolute Gasteiger partial charge is 0.267 e. The Labute approximate surface area is 117 Å². The molecule has 2 N–H and O–H groups in total. The van der Waals surface area contributed by atoms with Gasteiger partial charge in [-0.25, -0.2) is 4.98 Å². The van der Waals surface area contributed by atoms with E-state index in [0.29, 0.717) is 15.6 Å². The van der Waals surface area contributed by atoms with Gasteiger partial charge in [0.05, 0.1) is 21.9 Å². The van der Waals surface area contributed by atoms with Gasteiger partial charge in [0.25, 0.3) is 5.91 Å². The third kappa shape index (κ3) is 2.58. The number of nitrogens with one attached hydrogen (secondary N) is 1. The van der Waals surface area contributed by atoms with E-state index in [2.05, 4.69) is 10.3 Å². The van der Waals surface area contributed by atoms with E-state index in [4.69, 9.17) is 23.2 Å². The predicted molar refractivity (Wildman–Crippen MR) is 72.9 cm³/mol. The highest BCUT2D eigenvalue weighted by atomic mass is 35.5. The molecule has 4 nitrogen and oxygen atoms in total. The summed E-state index contributed by atoms with van der Waals surface area (Å²) in [5.41, 5.74) is 2.38. The van der Waals surface area contributed by atoms with Crippen LogP contribution in [-0.2, 0) is 0 Å². The molecule has 0 fully saturated rings. The third-order valence-electron chi connectivity index (χ3n) is 2.23. The van der Waals surface area contributed by atoms with Crippen LogP contribution in [0.5, 0.6) is 5.75 Å². The second-order valence-electron chi connectivity index (χ2n) is 3.50. The Kier molecular flexibility index (Phi) is 3.75. The lowest BCUT2D eigenvalue weighted by molar-refractivity contribution is 0.102. The van der Waals surface area contributed by atoms with Crippen LogP contribution >= 0.6 is 34.5 Å². The van der Waals surface area contributed by atoms with Gasteiger partial charge in [-0.2, -0.15) is 0 Å². The second kappa shape index (κ2) is 5.14. The molecule has 0 aliphatic heterocycles. The minimum Gasteiger partial charge on any atom is -0.504 e. The van der Waals surface area contributed by atoms with Crippen LogP contribution in [0.3, 0.4) is 0 Å². The number of halogens is 2. The Hall–Kier alpha value is -1.30. The van der Waals surface area contributed by atoms with Crippen molar-refractivity contribution in [2.45, 2.75) is 6.92 Å². The lowest BCUT2D eigenvalue weighted by atomic mass is 10.2. The molecule has 18 heavy (non-hydrogen) atoms. The van der Waals surface area contributed by atoms with E-state index in [1.54, 1.807) is 12.4 Å². The van der Waals surface area contributed by atoms with Crippen LogP contribution in [0.1, 0.15) is 15.4 Å². The third-order valence-corrected chi connectivity index (χ3v) is 3.66. The van der Waals surface area contributed by atoms with E-state index in [1.807, 2.05) is 0 Å². The molecule has 0 radical (unpaired) electrons. The minimum absolute atomic E-state index is 0.0822. The minimum atomic E-state index is -0.358. The fraction of sp³-hybridized carbons (Fsp3) is 0.0909. The number of amides is 1. The number of hydrogen-bond donors (Lipinski definition) is 2. The van der Waals surface area contributed by atoms with Crippen molar-refractivity contribution in [3.63, 3.8) is 0 Å². The molecule has 2 aromatic rings. The molecule has 1 heterocycles. The van der Waals surface area contributed by atoms with Crippen molar-refractivity contribution in [3.05, 3.63) is 38.3 Å². The zero-order valence-electron chi connectivity index (χ0n) is 9.20. The maximum atomic E-state index is 11.9. The fourth-order valence-electron chi connectivity index (χ4n) is 1.36. The van der Waals surface area contributed by atoms with E-state index >= 15 is 0 Å². The number of carbonyl (C=O) groups excluding carboxylic acids is 1. The molecule has 2 rings (SSSR count). The van der Waals surface area contributed by atoms with Crippen molar-refractivity contribution in [2.24, 2.45) is 0 Å². The van der Waals surface area contributed by atoms with Crippen LogP contribution in [0.15, 0.2) is 17.6 Å². The van der Waals surface area contributed by atoms with Crippen molar-refractivity contribution in [3.8, 4) is 5.75 Å². The number of phenols is 1. The van der Waals surface area contributed by atoms with Gasteiger partial charge in [-0.3, -0.25) is 4.79 Å². The zero-order valence-corrected chi connectivity index (χ0v) is 11.5. The molecule has 0 unspecified atom stereocenters. The first-order valence-electron chi connectivity index (χ1n) is 4.88. The average Bonchev–Trinajstić information content (AvgIpc) is 2.71. The van der Waals surface area contributed by atoms with Crippen molar-refractivity contribution in [1.29, 1.82) is 0 Å². The first-order chi connectivity index (χ1) is 8.49. The number of anilines is 1. The van der Waals surface area contributed by atoms with Gasteiger partial charge in [0.15, 0.2) is 5.75 Å². The summed E-state index contributed by atoms with van der Waals surface area (Å²) < 4.78 is 0. The summed E-state index contributed by atoms with van der Waals surface area (Å²) >= 11 is 12.8. The molecule has 0 bridgehead atoms. The Morgan fingerprint density at radius 2 is 2.17 bits per heavy atom. The summed E-state index contributed by atoms with van der Waals surface area (Å²) in [6.07, 6.45) is 0. The molecule has 94 valence electrons. The number of carbonyl (C=O) groups is 1. The standard InChI is InChI=1S/C11H8Cl2N2O2S/c1-5-10(18-4-14-5)11(17)15-8-3-6(12)2-7(13)9(8)16/h2-4,16H,1H3,(H,15,17). The number of hydrogen-bond acceptors (Lipinski definition) is 4.